The molecule has 1 aromatic carbocycles. The normalized spacial score (nSPS) is 25.3. The number of nitrogen functional groups attached to an aromatic ring is 2. The van der Waals surface area contributed by atoms with Crippen molar-refractivity contribution in [1.29, 1.82) is 0 Å². The lowest BCUT2D eigenvalue weighted by Crippen LogP contribution is -2.46. The number of nitrogens with two attached hydrogens (primary N) is 2. The zero-order valence-electron chi connectivity index (χ0n) is 32.2. The Labute approximate surface area is 355 Å². The number of carbonyl (C=O) groups is 2. The fraction of sp³-hybridized carbons (Fsp3) is 0.441. The molecule has 0 spiro atoms. The number of nitrogens with one attached hydrogen (secondary N) is 1. The second-order valence-electron chi connectivity index (χ2n) is 13.8. The number of aliphatic hydroxyl groups excluding tert-OH is 2. The highest BCUT2D eigenvalue weighted by Gasteiger charge is 2.52. The van der Waals surface area contributed by atoms with E-state index in [1.807, 2.05) is 0 Å². The van der Waals surface area contributed by atoms with Crippen LogP contribution in [0.4, 0.5) is 11.6 Å². The number of hydrogen-bond donors (Lipinski definition) is 8. The molecule has 0 bridgehead atoms. The molecule has 10 N–H and O–H groups in total. The number of ether oxygens (including phenoxy) is 3. The molecule has 5 heterocycles. The first-order chi connectivity index (χ1) is 29.4. The van der Waals surface area contributed by atoms with Gasteiger partial charge in [0.05, 0.1) is 19.5 Å². The van der Waals surface area contributed by atoms with Crippen molar-refractivity contribution in [3.05, 3.63) is 82.9 Å². The van der Waals surface area contributed by atoms with Gasteiger partial charge in [0, 0.05) is 17.6 Å². The molecule has 2 fully saturated rings. The van der Waals surface area contributed by atoms with Gasteiger partial charge in [0.15, 0.2) is 30.0 Å². The molecule has 62 heavy (non-hydrogen) atoms. The topological polar surface area (TPSA) is 367 Å². The number of phosphoric ester groups is 2. The van der Waals surface area contributed by atoms with E-state index in [0.29, 0.717) is 17.0 Å². The van der Waals surface area contributed by atoms with Crippen molar-refractivity contribution in [2.75, 3.05) is 24.7 Å². The Bertz CT molecular complexity index is 2420. The highest BCUT2D eigenvalue weighted by molar-refractivity contribution is 7.47. The van der Waals surface area contributed by atoms with Crippen molar-refractivity contribution in [3.63, 3.8) is 0 Å². The van der Waals surface area contributed by atoms with Gasteiger partial charge in [-0.25, -0.2) is 33.7 Å². The Morgan fingerprint density at radius 2 is 1.66 bits per heavy atom. The average Bonchev–Trinajstić information content (AvgIpc) is 3.87. The van der Waals surface area contributed by atoms with Crippen LogP contribution in [0.25, 0.3) is 11.2 Å². The van der Waals surface area contributed by atoms with Crippen LogP contribution in [0.2, 0.25) is 5.02 Å². The molecule has 0 saturated carbocycles. The van der Waals surface area contributed by atoms with Crippen molar-refractivity contribution >= 4 is 61.9 Å². The lowest BCUT2D eigenvalue weighted by Gasteiger charge is -2.26. The molecule has 2 aliphatic rings. The number of rotatable bonds is 19. The summed E-state index contributed by atoms with van der Waals surface area (Å²) < 4.78 is 59.5. The van der Waals surface area contributed by atoms with E-state index in [0.717, 1.165) is 17.1 Å². The maximum Gasteiger partial charge on any atom is 0.472 e. The number of esters is 1. The van der Waals surface area contributed by atoms with E-state index in [2.05, 4.69) is 36.4 Å². The van der Waals surface area contributed by atoms with Gasteiger partial charge in [0.25, 0.3) is 0 Å². The minimum atomic E-state index is -5.42. The van der Waals surface area contributed by atoms with Crippen molar-refractivity contribution in [2.24, 2.45) is 0 Å². The van der Waals surface area contributed by atoms with E-state index < -0.39 is 102 Å². The quantitative estimate of drug-likeness (QED) is 0.0349. The molecule has 0 aliphatic carbocycles. The fourth-order valence-corrected chi connectivity index (χ4v) is 8.14. The van der Waals surface area contributed by atoms with Crippen molar-refractivity contribution in [1.82, 2.24) is 34.4 Å². The predicted molar refractivity (Wildman–Crippen MR) is 212 cm³/mol. The molecule has 10 atom stereocenters. The molecule has 25 nitrogen and oxygen atoms in total. The Kier molecular flexibility index (Phi) is 14.9. The van der Waals surface area contributed by atoms with E-state index in [-0.39, 0.29) is 42.1 Å². The summed E-state index contributed by atoms with van der Waals surface area (Å²) in [5.74, 6) is -1.76. The molecular weight excluding hydrogens is 888 g/mol. The number of fused-ring (bicyclic) bond motifs is 1. The molecule has 1 amide bonds. The summed E-state index contributed by atoms with van der Waals surface area (Å²) in [4.78, 5) is 84.7. The SMILES string of the molecule is C=CCCC(=O)N[C@@H](CCc1ccccc1Cl)C(=O)O[C@H]1[C@@H](O)[C@H](n2cnc3c(N)ncnc32)O[C@@H]1COP(=O)(O)O[C@H]1[C@@H](O)[C@H](n2ccc(N)nc2=O)O[C@@H]1COP(=O)(O)O. The number of phosphoric acid groups is 2. The summed E-state index contributed by atoms with van der Waals surface area (Å²) >= 11 is 6.34. The van der Waals surface area contributed by atoms with E-state index in [9.17, 15) is 48.4 Å². The van der Waals surface area contributed by atoms with Crippen LogP contribution in [0.15, 0.2) is 66.6 Å². The third-order valence-corrected chi connectivity index (χ3v) is 11.4. The molecule has 2 saturated heterocycles. The number of carbonyl (C=O) groups excluding carboxylic acids is 2. The Morgan fingerprint density at radius 1 is 0.984 bits per heavy atom. The van der Waals surface area contributed by atoms with Crippen LogP contribution in [0.5, 0.6) is 0 Å². The van der Waals surface area contributed by atoms with Gasteiger partial charge in [-0.1, -0.05) is 35.9 Å². The Morgan fingerprint density at radius 3 is 2.35 bits per heavy atom. The van der Waals surface area contributed by atoms with Gasteiger partial charge in [-0.15, -0.1) is 6.58 Å². The molecule has 0 radical (unpaired) electrons. The maximum absolute atomic E-state index is 14.0. The first kappa shape index (κ1) is 46.8. The van der Waals surface area contributed by atoms with Crippen molar-refractivity contribution in [2.45, 2.75) is 80.8 Å². The van der Waals surface area contributed by atoms with Gasteiger partial charge < -0.3 is 55.9 Å². The number of aryl methyl sites for hydroxylation is 1. The van der Waals surface area contributed by atoms with Gasteiger partial charge in [0.1, 0.15) is 54.2 Å². The zero-order chi connectivity index (χ0) is 44.9. The molecule has 1 unspecified atom stereocenters. The lowest BCUT2D eigenvalue weighted by atomic mass is 10.0. The Balaban J connectivity index is 1.25. The minimum absolute atomic E-state index is 0.0149. The maximum atomic E-state index is 14.0. The second-order valence-corrected chi connectivity index (χ2v) is 16.9. The van der Waals surface area contributed by atoms with E-state index in [4.69, 9.17) is 46.3 Å². The van der Waals surface area contributed by atoms with Crippen LogP contribution >= 0.6 is 27.2 Å². The van der Waals surface area contributed by atoms with Crippen LogP contribution < -0.4 is 22.5 Å². The number of aliphatic hydroxyl groups is 2. The third kappa shape index (κ3) is 11.3. The highest BCUT2D eigenvalue weighted by Crippen LogP contribution is 2.50. The van der Waals surface area contributed by atoms with Crippen molar-refractivity contribution in [3.8, 4) is 0 Å². The van der Waals surface area contributed by atoms with Gasteiger partial charge in [-0.2, -0.15) is 4.98 Å². The van der Waals surface area contributed by atoms with Gasteiger partial charge in [-0.05, 0) is 37.0 Å². The molecule has 4 aromatic rings. The number of allylic oxidation sites excluding steroid dienone is 1. The molecule has 28 heteroatoms. The summed E-state index contributed by atoms with van der Waals surface area (Å²) in [5.41, 5.74) is 11.3. The summed E-state index contributed by atoms with van der Waals surface area (Å²) in [5, 5.41) is 25.9. The number of aromatic nitrogens is 6. The van der Waals surface area contributed by atoms with Crippen LogP contribution in [-0.2, 0) is 52.9 Å². The molecule has 336 valence electrons. The predicted octanol–water partition coefficient (Wildman–Crippen LogP) is 0.0247. The lowest BCUT2D eigenvalue weighted by molar-refractivity contribution is -0.160. The number of benzene rings is 1. The standard InChI is InChI=1S/C34H42ClN9O16P2/c1-2-3-8-23(45)41-19(10-9-17-6-4-5-7-18(17)35)33(48)59-27-20(57-32(25(27)46)44-16-40-24-29(37)38-15-39-30(24)44)14-56-62(53,54)60-28-21(13-55-61(50,51)52)58-31(26(28)47)43-12-11-22(36)42-34(43)49/h2,4-7,11-12,15-16,19-21,25-28,31-32,46-47H,1,3,8-10,13-14H2,(H,41,45)(H,53,54)(H2,36,42,49)(H2,37,38,39)(H2,50,51,52)/t19-,20+,21+,25+,26+,27+,28+,31+,32+/m0/s1. The smallest absolute Gasteiger partial charge is 0.455 e. The van der Waals surface area contributed by atoms with Crippen LogP contribution in [0, 0.1) is 0 Å². The average molecular weight is 930 g/mol. The number of hydrogen-bond acceptors (Lipinski definition) is 19. The van der Waals surface area contributed by atoms with Gasteiger partial charge in [0.2, 0.25) is 5.91 Å². The van der Waals surface area contributed by atoms with E-state index >= 15 is 0 Å². The third-order valence-electron chi connectivity index (χ3n) is 9.58. The van der Waals surface area contributed by atoms with Crippen LogP contribution in [0.1, 0.15) is 37.3 Å². The second kappa shape index (κ2) is 19.8. The van der Waals surface area contributed by atoms with Gasteiger partial charge >= 0.3 is 27.3 Å². The van der Waals surface area contributed by atoms with E-state index in [1.54, 1.807) is 24.3 Å². The largest absolute Gasteiger partial charge is 0.472 e. The summed E-state index contributed by atoms with van der Waals surface area (Å²) in [7, 11) is -10.6. The number of anilines is 2. The Hall–Kier alpha value is -4.72. The van der Waals surface area contributed by atoms with E-state index in [1.165, 1.54) is 23.0 Å². The molecule has 2 aliphatic heterocycles. The monoisotopic (exact) mass is 929 g/mol. The van der Waals surface area contributed by atoms with Crippen LogP contribution in [0.3, 0.4) is 0 Å². The molecule has 3 aromatic heterocycles. The first-order valence-corrected chi connectivity index (χ1v) is 21.9. The summed E-state index contributed by atoms with van der Waals surface area (Å²) in [6.45, 7) is 1.60. The number of imidazole rings is 1. The minimum Gasteiger partial charge on any atom is -0.455 e. The zero-order valence-corrected chi connectivity index (χ0v) is 34.7. The number of nitrogens with zero attached hydrogens (tertiary/aromatic N) is 6. The number of amides is 1. The van der Waals surface area contributed by atoms with Crippen molar-refractivity contribution < 1.29 is 71.4 Å². The first-order valence-electron chi connectivity index (χ1n) is 18.5. The summed E-state index contributed by atoms with van der Waals surface area (Å²) in [6, 6.07) is 6.71. The van der Waals surface area contributed by atoms with Crippen LogP contribution in [-0.4, -0.2) is 122 Å². The highest BCUT2D eigenvalue weighted by atomic mass is 35.5. The van der Waals surface area contributed by atoms with Gasteiger partial charge in [-0.3, -0.25) is 27.5 Å². The summed E-state index contributed by atoms with van der Waals surface area (Å²) in [6.07, 6.45) is -8.51. The number of halogens is 1. The molecule has 6 rings (SSSR count). The molecular formula is C34H42ClN9O16P2. The fourth-order valence-electron chi connectivity index (χ4n) is 6.61.